The van der Waals surface area contributed by atoms with Crippen molar-refractivity contribution in [1.82, 2.24) is 34.9 Å². The number of ether oxygens (including phenoxy) is 1. The van der Waals surface area contributed by atoms with Crippen LogP contribution in [0.4, 0.5) is 26.1 Å². The van der Waals surface area contributed by atoms with Crippen molar-refractivity contribution in [3.05, 3.63) is 77.1 Å². The van der Waals surface area contributed by atoms with Gasteiger partial charge in [-0.2, -0.15) is 5.10 Å². The molecule has 302 valence electrons. The van der Waals surface area contributed by atoms with Crippen molar-refractivity contribution in [2.75, 3.05) is 42.2 Å². The molecule has 5 heterocycles. The van der Waals surface area contributed by atoms with E-state index in [1.54, 1.807) is 23.0 Å². The maximum absolute atomic E-state index is 15.0. The topological polar surface area (TPSA) is 169 Å². The van der Waals surface area contributed by atoms with E-state index >= 15 is 0 Å². The van der Waals surface area contributed by atoms with E-state index in [4.69, 9.17) is 14.7 Å². The summed E-state index contributed by atoms with van der Waals surface area (Å²) in [6.45, 7) is 5.42. The van der Waals surface area contributed by atoms with Gasteiger partial charge in [-0.25, -0.2) is 18.4 Å². The highest BCUT2D eigenvalue weighted by molar-refractivity contribution is 6.05. The van der Waals surface area contributed by atoms with Crippen molar-refractivity contribution in [3.8, 4) is 17.1 Å². The van der Waals surface area contributed by atoms with Gasteiger partial charge in [-0.05, 0) is 106 Å². The Morgan fingerprint density at radius 1 is 0.931 bits per heavy atom. The number of aromatic nitrogens is 5. The highest BCUT2D eigenvalue weighted by Gasteiger charge is 2.38. The molecule has 0 unspecified atom stereocenters. The van der Waals surface area contributed by atoms with Crippen LogP contribution in [0.15, 0.2) is 48.7 Å². The summed E-state index contributed by atoms with van der Waals surface area (Å²) in [7, 11) is 1.85. The summed E-state index contributed by atoms with van der Waals surface area (Å²) in [5.41, 5.74) is 5.32. The lowest BCUT2D eigenvalue weighted by Gasteiger charge is -2.37. The molecule has 14 nitrogen and oxygen atoms in total. The van der Waals surface area contributed by atoms with Gasteiger partial charge in [-0.3, -0.25) is 30.0 Å². The SMILES string of the molecule is Cc1cc2cc(n1)-c1cnn(C)c1OCC[C@H]1C[C@@H]1Cn1c(nc3ccc(NCCNCC4CC(Nc5cc(F)c([C@H]6CCC(=O)NC6=O)c(F)c5)C4)cc31)NC2=O. The fourth-order valence-corrected chi connectivity index (χ4v) is 8.65. The maximum Gasteiger partial charge on any atom is 0.258 e. The fourth-order valence-electron chi connectivity index (χ4n) is 8.65. The summed E-state index contributed by atoms with van der Waals surface area (Å²) < 4.78 is 40.0. The van der Waals surface area contributed by atoms with E-state index in [1.807, 2.05) is 26.1 Å². The Kier molecular flexibility index (Phi) is 10.0. The maximum atomic E-state index is 15.0. The standard InChI is InChI=1S/C42H46F2N10O4/c1-22-11-25-15-35(48-22)31-20-47-53(2)41(31)58-10-7-24-14-26(24)21-54-36-18-27(3-5-34(36)50-42(54)52-39(25)56)46-9-8-45-19-23-12-28(13-23)49-29-16-32(43)38(33(44)17-29)30-4-6-37(55)51-40(30)57/h3,5,11,15-18,20,23-24,26,28,30,45-46,49H,4,6-10,12-14,19,21H2,1-2H3,(H,50,52,56)(H,51,55,57)/t23?,24-,26+,28?,30+/m0/s1. The summed E-state index contributed by atoms with van der Waals surface area (Å²) in [5, 5.41) is 19.9. The lowest BCUT2D eigenvalue weighted by Crippen LogP contribution is -2.41. The number of nitrogens with one attached hydrogen (secondary N) is 5. The van der Waals surface area contributed by atoms with Crippen molar-refractivity contribution < 1.29 is 27.9 Å². The highest BCUT2D eigenvalue weighted by Crippen LogP contribution is 2.44. The molecule has 16 heteroatoms. The summed E-state index contributed by atoms with van der Waals surface area (Å²) in [6, 6.07) is 12.2. The van der Waals surface area contributed by atoms with E-state index in [1.165, 1.54) is 12.1 Å². The van der Waals surface area contributed by atoms with Gasteiger partial charge in [-0.15, -0.1) is 0 Å². The molecule has 4 aliphatic rings. The van der Waals surface area contributed by atoms with Crippen molar-refractivity contribution >= 4 is 46.1 Å². The molecule has 3 aromatic heterocycles. The van der Waals surface area contributed by atoms with Gasteiger partial charge in [0.15, 0.2) is 0 Å². The molecule has 0 radical (unpaired) electrons. The van der Waals surface area contributed by atoms with Crippen LogP contribution < -0.4 is 31.3 Å². The molecule has 3 amide bonds. The third-order valence-electron chi connectivity index (χ3n) is 11.9. The lowest BCUT2D eigenvalue weighted by atomic mass is 9.80. The number of imidazole rings is 1. The first-order valence-corrected chi connectivity index (χ1v) is 20.1. The molecule has 2 aromatic carbocycles. The summed E-state index contributed by atoms with van der Waals surface area (Å²) >= 11 is 0. The number of rotatable bonds is 9. The number of hydrogen-bond acceptors (Lipinski definition) is 10. The first kappa shape index (κ1) is 37.7. The largest absolute Gasteiger partial charge is 0.477 e. The van der Waals surface area contributed by atoms with E-state index in [0.29, 0.717) is 65.4 Å². The molecule has 5 N–H and O–H groups in total. The number of piperidine rings is 1. The van der Waals surface area contributed by atoms with E-state index < -0.39 is 29.4 Å². The Labute approximate surface area is 333 Å². The monoisotopic (exact) mass is 792 g/mol. The number of fused-ring (bicyclic) bond motifs is 8. The van der Waals surface area contributed by atoms with Crippen LogP contribution in [-0.4, -0.2) is 74.3 Å². The Bertz CT molecular complexity index is 2400. The first-order valence-electron chi connectivity index (χ1n) is 20.1. The second kappa shape index (κ2) is 15.5. The van der Waals surface area contributed by atoms with Crippen LogP contribution in [0.25, 0.3) is 22.3 Å². The number of halogens is 2. The Hall–Kier alpha value is -5.90. The average molecular weight is 793 g/mol. The minimum Gasteiger partial charge on any atom is -0.477 e. The third kappa shape index (κ3) is 7.72. The zero-order chi connectivity index (χ0) is 40.1. The number of amides is 3. The average Bonchev–Trinajstić information content (AvgIpc) is 3.68. The van der Waals surface area contributed by atoms with Gasteiger partial charge in [0.05, 0.1) is 41.0 Å². The van der Waals surface area contributed by atoms with E-state index in [0.717, 1.165) is 67.6 Å². The van der Waals surface area contributed by atoms with Crippen molar-refractivity contribution in [2.45, 2.75) is 64.0 Å². The van der Waals surface area contributed by atoms with Crippen LogP contribution in [0, 0.1) is 36.3 Å². The number of aryl methyl sites for hydroxylation is 2. The second-order valence-corrected chi connectivity index (χ2v) is 16.1. The van der Waals surface area contributed by atoms with Gasteiger partial charge in [0.25, 0.3) is 5.91 Å². The molecule has 0 spiro atoms. The van der Waals surface area contributed by atoms with Crippen LogP contribution in [0.1, 0.15) is 66.1 Å². The summed E-state index contributed by atoms with van der Waals surface area (Å²) in [4.78, 5) is 47.0. The normalized spacial score (nSPS) is 22.9. The van der Waals surface area contributed by atoms with Crippen LogP contribution in [0.3, 0.4) is 0 Å². The predicted molar refractivity (Wildman–Crippen MR) is 214 cm³/mol. The van der Waals surface area contributed by atoms with Crippen molar-refractivity contribution in [1.29, 1.82) is 0 Å². The molecule has 2 aliphatic carbocycles. The molecular weight excluding hydrogens is 747 g/mol. The molecule has 2 aliphatic heterocycles. The van der Waals surface area contributed by atoms with Gasteiger partial charge in [0.2, 0.25) is 23.6 Å². The van der Waals surface area contributed by atoms with Crippen LogP contribution >= 0.6 is 0 Å². The van der Waals surface area contributed by atoms with Crippen molar-refractivity contribution in [2.24, 2.45) is 24.8 Å². The van der Waals surface area contributed by atoms with Gasteiger partial charge in [0.1, 0.15) is 11.6 Å². The summed E-state index contributed by atoms with van der Waals surface area (Å²) in [5.74, 6) is -1.42. The molecule has 2 bridgehead atoms. The Morgan fingerprint density at radius 2 is 1.76 bits per heavy atom. The zero-order valence-electron chi connectivity index (χ0n) is 32.4. The van der Waals surface area contributed by atoms with Crippen LogP contribution in [-0.2, 0) is 23.2 Å². The molecule has 9 rings (SSSR count). The fraction of sp³-hybridized carbons (Fsp3) is 0.429. The minimum atomic E-state index is -1.02. The number of nitrogens with zero attached hydrogens (tertiary/aromatic N) is 5. The summed E-state index contributed by atoms with van der Waals surface area (Å²) in [6.07, 6.45) is 5.58. The molecule has 1 saturated heterocycles. The number of carbonyl (C=O) groups is 3. The van der Waals surface area contributed by atoms with Gasteiger partial charge in [-0.1, -0.05) is 0 Å². The van der Waals surface area contributed by atoms with E-state index in [9.17, 15) is 23.2 Å². The number of pyridine rings is 1. The smallest absolute Gasteiger partial charge is 0.258 e. The Balaban J connectivity index is 0.796. The molecular formula is C42H46F2N10O4. The van der Waals surface area contributed by atoms with Crippen molar-refractivity contribution in [3.63, 3.8) is 0 Å². The zero-order valence-corrected chi connectivity index (χ0v) is 32.4. The molecule has 3 fully saturated rings. The number of imide groups is 1. The quantitative estimate of drug-likeness (QED) is 0.0950. The van der Waals surface area contributed by atoms with Crippen LogP contribution in [0.2, 0.25) is 0 Å². The van der Waals surface area contributed by atoms with Gasteiger partial charge >= 0.3 is 0 Å². The predicted octanol–water partition coefficient (Wildman–Crippen LogP) is 5.50. The van der Waals surface area contributed by atoms with E-state index in [-0.39, 0.29) is 30.4 Å². The number of hydrogen-bond donors (Lipinski definition) is 5. The number of anilines is 3. The molecule has 2 saturated carbocycles. The number of benzene rings is 2. The molecule has 3 atom stereocenters. The van der Waals surface area contributed by atoms with Crippen LogP contribution in [0.5, 0.6) is 5.88 Å². The second-order valence-electron chi connectivity index (χ2n) is 16.1. The minimum absolute atomic E-state index is 0.0517. The highest BCUT2D eigenvalue weighted by atomic mass is 19.1. The van der Waals surface area contributed by atoms with Gasteiger partial charge < -0.3 is 25.3 Å². The molecule has 5 aromatic rings. The third-order valence-corrected chi connectivity index (χ3v) is 11.9. The van der Waals surface area contributed by atoms with E-state index in [2.05, 4.69) is 42.3 Å². The Morgan fingerprint density at radius 3 is 2.57 bits per heavy atom. The number of carbonyl (C=O) groups excluding carboxylic acids is 3. The first-order chi connectivity index (χ1) is 28.1. The van der Waals surface area contributed by atoms with Gasteiger partial charge in [0, 0.05) is 67.3 Å². The molecule has 58 heavy (non-hydrogen) atoms. The lowest BCUT2D eigenvalue weighted by molar-refractivity contribution is -0.134.